The molecule has 0 radical (unpaired) electrons. The second-order valence-electron chi connectivity index (χ2n) is 4.26. The highest BCUT2D eigenvalue weighted by Crippen LogP contribution is 2.22. The Morgan fingerprint density at radius 1 is 1.05 bits per heavy atom. The van der Waals surface area contributed by atoms with Crippen LogP contribution in [0.3, 0.4) is 0 Å². The maximum absolute atomic E-state index is 12.1. The molecule has 0 atom stereocenters. The van der Waals surface area contributed by atoms with Gasteiger partial charge < -0.3 is 4.74 Å². The molecule has 0 aliphatic carbocycles. The minimum absolute atomic E-state index is 0.343. The maximum Gasteiger partial charge on any atom is 0.270 e. The molecule has 5 nitrogen and oxygen atoms in total. The van der Waals surface area contributed by atoms with Crippen LogP contribution < -0.4 is 15.6 Å². The molecule has 2 rings (SSSR count). The summed E-state index contributed by atoms with van der Waals surface area (Å²) in [7, 11) is 1.51. The normalized spacial score (nSPS) is 9.95. The Hall–Kier alpha value is -2.05. The van der Waals surface area contributed by atoms with Crippen LogP contribution in [-0.2, 0) is 0 Å². The van der Waals surface area contributed by atoms with Crippen molar-refractivity contribution in [3.63, 3.8) is 0 Å². The molecular formula is C15H12BrClN2O3. The van der Waals surface area contributed by atoms with Gasteiger partial charge in [0.1, 0.15) is 5.75 Å². The monoisotopic (exact) mass is 382 g/mol. The lowest BCUT2D eigenvalue weighted by atomic mass is 10.2. The van der Waals surface area contributed by atoms with E-state index in [-0.39, 0.29) is 0 Å². The Balaban J connectivity index is 2.03. The summed E-state index contributed by atoms with van der Waals surface area (Å²) in [5, 5.41) is 0.529. The zero-order valence-electron chi connectivity index (χ0n) is 11.5. The minimum Gasteiger partial charge on any atom is -0.497 e. The molecule has 22 heavy (non-hydrogen) atoms. The van der Waals surface area contributed by atoms with Crippen molar-refractivity contribution in [2.75, 3.05) is 7.11 Å². The predicted octanol–water partition coefficient (Wildman–Crippen LogP) is 3.19. The molecule has 0 bridgehead atoms. The third kappa shape index (κ3) is 3.99. The number of ether oxygens (including phenoxy) is 1. The Bertz CT molecular complexity index is 704. The summed E-state index contributed by atoms with van der Waals surface area (Å²) in [5.74, 6) is -0.366. The van der Waals surface area contributed by atoms with Crippen LogP contribution in [0.15, 0.2) is 46.9 Å². The molecule has 0 aliphatic heterocycles. The number of nitrogens with one attached hydrogen (secondary N) is 2. The number of rotatable bonds is 3. The van der Waals surface area contributed by atoms with Crippen LogP contribution in [0.1, 0.15) is 20.7 Å². The van der Waals surface area contributed by atoms with Crippen LogP contribution in [0.2, 0.25) is 5.02 Å². The molecule has 0 spiro atoms. The highest BCUT2D eigenvalue weighted by molar-refractivity contribution is 9.10. The molecule has 114 valence electrons. The fourth-order valence-electron chi connectivity index (χ4n) is 1.66. The van der Waals surface area contributed by atoms with E-state index in [0.717, 1.165) is 0 Å². The average Bonchev–Trinajstić information content (AvgIpc) is 2.53. The standard InChI is InChI=1S/C15H12BrClN2O3/c1-22-11-6-7-13(16)12(8-11)15(21)19-18-14(20)9-2-4-10(17)5-3-9/h2-8H,1H3,(H,18,20)(H,19,21). The van der Waals surface area contributed by atoms with E-state index in [2.05, 4.69) is 26.8 Å². The van der Waals surface area contributed by atoms with Gasteiger partial charge in [-0.15, -0.1) is 0 Å². The molecule has 2 N–H and O–H groups in total. The van der Waals surface area contributed by atoms with Crippen molar-refractivity contribution in [3.8, 4) is 5.75 Å². The van der Waals surface area contributed by atoms with E-state index in [1.165, 1.54) is 7.11 Å². The Kier molecular flexibility index (Phi) is 5.41. The van der Waals surface area contributed by atoms with Crippen molar-refractivity contribution in [3.05, 3.63) is 63.1 Å². The van der Waals surface area contributed by atoms with Gasteiger partial charge in [-0.3, -0.25) is 20.4 Å². The summed E-state index contributed by atoms with van der Waals surface area (Å²) in [4.78, 5) is 24.0. The first-order valence-corrected chi connectivity index (χ1v) is 7.38. The third-order valence-corrected chi connectivity index (χ3v) is 3.76. The number of hydrogen-bond donors (Lipinski definition) is 2. The van der Waals surface area contributed by atoms with Gasteiger partial charge in [-0.2, -0.15) is 0 Å². The van der Waals surface area contributed by atoms with E-state index < -0.39 is 11.8 Å². The summed E-state index contributed by atoms with van der Waals surface area (Å²) >= 11 is 9.03. The number of amides is 2. The summed E-state index contributed by atoms with van der Waals surface area (Å²) in [6, 6.07) is 11.3. The zero-order chi connectivity index (χ0) is 16.1. The predicted molar refractivity (Wildman–Crippen MR) is 87.1 cm³/mol. The minimum atomic E-state index is -0.465. The van der Waals surface area contributed by atoms with Crippen LogP contribution >= 0.6 is 27.5 Å². The number of hydrogen-bond acceptors (Lipinski definition) is 3. The molecule has 0 aromatic heterocycles. The van der Waals surface area contributed by atoms with Gasteiger partial charge >= 0.3 is 0 Å². The van der Waals surface area contributed by atoms with E-state index in [1.807, 2.05) is 0 Å². The summed E-state index contributed by atoms with van der Waals surface area (Å²) in [5.41, 5.74) is 5.41. The molecule has 0 aliphatic rings. The van der Waals surface area contributed by atoms with Crippen molar-refractivity contribution < 1.29 is 14.3 Å². The van der Waals surface area contributed by atoms with Crippen molar-refractivity contribution in [2.45, 2.75) is 0 Å². The Labute approximate surface area is 140 Å². The second kappa shape index (κ2) is 7.29. The SMILES string of the molecule is COc1ccc(Br)c(C(=O)NNC(=O)c2ccc(Cl)cc2)c1. The first-order valence-electron chi connectivity index (χ1n) is 6.21. The fourth-order valence-corrected chi connectivity index (χ4v) is 2.21. The molecule has 0 unspecified atom stereocenters. The van der Waals surface area contributed by atoms with Gasteiger partial charge in [0, 0.05) is 15.1 Å². The van der Waals surface area contributed by atoms with E-state index in [1.54, 1.807) is 42.5 Å². The van der Waals surface area contributed by atoms with Gasteiger partial charge in [-0.25, -0.2) is 0 Å². The van der Waals surface area contributed by atoms with Gasteiger partial charge in [-0.05, 0) is 58.4 Å². The lowest BCUT2D eigenvalue weighted by Crippen LogP contribution is -2.41. The van der Waals surface area contributed by atoms with Gasteiger partial charge in [0.05, 0.1) is 12.7 Å². The first-order chi connectivity index (χ1) is 10.5. The topological polar surface area (TPSA) is 67.4 Å². The molecule has 7 heteroatoms. The van der Waals surface area contributed by atoms with Crippen molar-refractivity contribution >= 4 is 39.3 Å². The summed E-state index contributed by atoms with van der Waals surface area (Å²) in [6.45, 7) is 0. The number of hydrazine groups is 1. The maximum atomic E-state index is 12.1. The highest BCUT2D eigenvalue weighted by Gasteiger charge is 2.13. The van der Waals surface area contributed by atoms with E-state index in [9.17, 15) is 9.59 Å². The number of carbonyl (C=O) groups is 2. The van der Waals surface area contributed by atoms with Crippen LogP contribution in [0.25, 0.3) is 0 Å². The number of halogens is 2. The van der Waals surface area contributed by atoms with Crippen LogP contribution in [0, 0.1) is 0 Å². The molecule has 0 saturated heterocycles. The number of carbonyl (C=O) groups excluding carboxylic acids is 2. The zero-order valence-corrected chi connectivity index (χ0v) is 13.9. The summed E-state index contributed by atoms with van der Waals surface area (Å²) in [6.07, 6.45) is 0. The van der Waals surface area contributed by atoms with Crippen LogP contribution in [0.4, 0.5) is 0 Å². The molecular weight excluding hydrogens is 372 g/mol. The molecule has 2 aromatic carbocycles. The second-order valence-corrected chi connectivity index (χ2v) is 5.55. The molecule has 0 saturated carbocycles. The number of methoxy groups -OCH3 is 1. The number of benzene rings is 2. The van der Waals surface area contributed by atoms with Crippen LogP contribution in [0.5, 0.6) is 5.75 Å². The molecule has 2 amide bonds. The largest absolute Gasteiger partial charge is 0.497 e. The van der Waals surface area contributed by atoms with E-state index >= 15 is 0 Å². The Morgan fingerprint density at radius 3 is 2.32 bits per heavy atom. The van der Waals surface area contributed by atoms with Crippen molar-refractivity contribution in [1.82, 2.24) is 10.9 Å². The molecule has 0 fully saturated rings. The fraction of sp³-hybridized carbons (Fsp3) is 0.0667. The van der Waals surface area contributed by atoms with Crippen molar-refractivity contribution in [2.24, 2.45) is 0 Å². The molecule has 0 heterocycles. The Morgan fingerprint density at radius 2 is 1.68 bits per heavy atom. The van der Waals surface area contributed by atoms with Gasteiger partial charge in [-0.1, -0.05) is 11.6 Å². The smallest absolute Gasteiger partial charge is 0.270 e. The van der Waals surface area contributed by atoms with Gasteiger partial charge in [0.25, 0.3) is 11.8 Å². The summed E-state index contributed by atoms with van der Waals surface area (Å²) < 4.78 is 5.65. The van der Waals surface area contributed by atoms with Crippen molar-refractivity contribution in [1.29, 1.82) is 0 Å². The first kappa shape index (κ1) is 16.3. The lowest BCUT2D eigenvalue weighted by Gasteiger charge is -2.10. The van der Waals surface area contributed by atoms with E-state index in [0.29, 0.717) is 26.4 Å². The van der Waals surface area contributed by atoms with E-state index in [4.69, 9.17) is 16.3 Å². The average molecular weight is 384 g/mol. The highest BCUT2D eigenvalue weighted by atomic mass is 79.9. The quantitative estimate of drug-likeness (QED) is 0.800. The lowest BCUT2D eigenvalue weighted by molar-refractivity contribution is 0.0846. The van der Waals surface area contributed by atoms with Crippen LogP contribution in [-0.4, -0.2) is 18.9 Å². The molecule has 2 aromatic rings. The van der Waals surface area contributed by atoms with Gasteiger partial charge in [0.2, 0.25) is 0 Å². The third-order valence-electron chi connectivity index (χ3n) is 2.81. The van der Waals surface area contributed by atoms with Gasteiger partial charge in [0.15, 0.2) is 0 Å².